The number of nitrogens with one attached hydrogen (secondary N) is 1. The second-order valence-corrected chi connectivity index (χ2v) is 6.74. The van der Waals surface area contributed by atoms with Gasteiger partial charge in [-0.3, -0.25) is 4.79 Å². The third-order valence-corrected chi connectivity index (χ3v) is 4.66. The van der Waals surface area contributed by atoms with Crippen LogP contribution in [0.2, 0.25) is 5.02 Å². The Kier molecular flexibility index (Phi) is 4.82. The van der Waals surface area contributed by atoms with E-state index >= 15 is 0 Å². The van der Waals surface area contributed by atoms with Gasteiger partial charge in [0.05, 0.1) is 17.7 Å². The summed E-state index contributed by atoms with van der Waals surface area (Å²) in [5, 5.41) is 13.6. The molecule has 2 aromatic carbocycles. The predicted molar refractivity (Wildman–Crippen MR) is 110 cm³/mol. The summed E-state index contributed by atoms with van der Waals surface area (Å²) in [5.74, 6) is 0.352. The van der Waals surface area contributed by atoms with Crippen LogP contribution in [-0.4, -0.2) is 28.1 Å². The van der Waals surface area contributed by atoms with Crippen LogP contribution in [-0.2, 0) is 0 Å². The lowest BCUT2D eigenvalue weighted by molar-refractivity contribution is 0.102. The smallest absolute Gasteiger partial charge is 0.255 e. The number of phenols is 1. The number of halogens is 1. The van der Waals surface area contributed by atoms with Gasteiger partial charge in [0.1, 0.15) is 11.5 Å². The molecule has 0 unspecified atom stereocenters. The Labute approximate surface area is 170 Å². The van der Waals surface area contributed by atoms with Crippen LogP contribution in [0, 0.1) is 6.92 Å². The van der Waals surface area contributed by atoms with E-state index in [1.165, 1.54) is 13.2 Å². The minimum absolute atomic E-state index is 0.0158. The van der Waals surface area contributed by atoms with Crippen molar-refractivity contribution in [1.82, 2.24) is 9.97 Å². The van der Waals surface area contributed by atoms with Crippen molar-refractivity contribution in [2.45, 2.75) is 6.92 Å². The van der Waals surface area contributed by atoms with Crippen LogP contribution in [0.3, 0.4) is 0 Å². The second kappa shape index (κ2) is 7.44. The fourth-order valence-corrected chi connectivity index (χ4v) is 3.17. The Hall–Kier alpha value is -3.58. The van der Waals surface area contributed by atoms with Crippen molar-refractivity contribution in [3.8, 4) is 23.0 Å². The van der Waals surface area contributed by atoms with Crippen LogP contribution >= 0.6 is 11.6 Å². The maximum absolute atomic E-state index is 12.6. The van der Waals surface area contributed by atoms with E-state index in [-0.39, 0.29) is 17.5 Å². The molecule has 1 amide bonds. The van der Waals surface area contributed by atoms with E-state index in [0.29, 0.717) is 44.4 Å². The molecule has 0 radical (unpaired) electrons. The molecule has 2 aromatic heterocycles. The minimum Gasteiger partial charge on any atom is -0.507 e. The first kappa shape index (κ1) is 18.8. The number of carbonyl (C=O) groups is 1. The number of hydrogen-bond acceptors (Lipinski definition) is 6. The topological polar surface area (TPSA) is 97.5 Å². The van der Waals surface area contributed by atoms with Crippen LogP contribution < -0.4 is 10.1 Å². The number of methoxy groups -OCH3 is 1. The largest absolute Gasteiger partial charge is 0.507 e. The average Bonchev–Trinajstić information content (AvgIpc) is 3.14. The number of nitrogens with zero attached hydrogens (tertiary/aromatic N) is 2. The molecule has 29 heavy (non-hydrogen) atoms. The number of anilines is 1. The third kappa shape index (κ3) is 3.60. The van der Waals surface area contributed by atoms with Crippen molar-refractivity contribution in [1.29, 1.82) is 0 Å². The summed E-state index contributed by atoms with van der Waals surface area (Å²) in [7, 11) is 1.50. The summed E-state index contributed by atoms with van der Waals surface area (Å²) in [6, 6.07) is 11.5. The molecular formula is C21H16ClN3O4. The molecule has 0 spiro atoms. The molecule has 146 valence electrons. The van der Waals surface area contributed by atoms with Crippen LogP contribution in [0.25, 0.3) is 22.7 Å². The molecule has 0 saturated carbocycles. The van der Waals surface area contributed by atoms with Gasteiger partial charge in [-0.25, -0.2) is 4.98 Å². The highest BCUT2D eigenvalue weighted by Gasteiger charge is 2.17. The van der Waals surface area contributed by atoms with Gasteiger partial charge in [0, 0.05) is 17.4 Å². The first-order valence-corrected chi connectivity index (χ1v) is 9.04. The Morgan fingerprint density at radius 2 is 2.07 bits per heavy atom. The summed E-state index contributed by atoms with van der Waals surface area (Å²) in [4.78, 5) is 21.1. The van der Waals surface area contributed by atoms with Crippen molar-refractivity contribution < 1.29 is 19.1 Å². The van der Waals surface area contributed by atoms with Gasteiger partial charge >= 0.3 is 0 Å². The van der Waals surface area contributed by atoms with Gasteiger partial charge in [0.15, 0.2) is 11.2 Å². The monoisotopic (exact) mass is 409 g/mol. The van der Waals surface area contributed by atoms with Crippen molar-refractivity contribution in [2.75, 3.05) is 12.4 Å². The molecule has 0 aliphatic rings. The maximum Gasteiger partial charge on any atom is 0.255 e. The number of fused-ring (bicyclic) bond motifs is 1. The number of aromatic nitrogens is 2. The van der Waals surface area contributed by atoms with Gasteiger partial charge < -0.3 is 19.6 Å². The number of rotatable bonds is 4. The fraction of sp³-hybridized carbons (Fsp3) is 0.0952. The second-order valence-electron chi connectivity index (χ2n) is 6.34. The Bertz CT molecular complexity index is 1200. The fourth-order valence-electron chi connectivity index (χ4n) is 2.91. The molecule has 8 heteroatoms. The SMILES string of the molecule is COc1ccc(C(=O)Nc2cc(C)c(O)c(-c3nc4ncccc4o3)c2)cc1Cl. The molecular weight excluding hydrogens is 394 g/mol. The van der Waals surface area contributed by atoms with E-state index in [0.717, 1.165) is 0 Å². The van der Waals surface area contributed by atoms with E-state index in [1.807, 2.05) is 0 Å². The van der Waals surface area contributed by atoms with E-state index in [4.69, 9.17) is 20.8 Å². The normalized spacial score (nSPS) is 10.9. The van der Waals surface area contributed by atoms with Crippen molar-refractivity contribution in [3.05, 3.63) is 64.8 Å². The molecule has 7 nitrogen and oxygen atoms in total. The number of aryl methyl sites for hydroxylation is 1. The van der Waals surface area contributed by atoms with E-state index < -0.39 is 0 Å². The van der Waals surface area contributed by atoms with Gasteiger partial charge in [-0.15, -0.1) is 0 Å². The van der Waals surface area contributed by atoms with Crippen molar-refractivity contribution in [3.63, 3.8) is 0 Å². The standard InChI is InChI=1S/C21H16ClN3O4/c1-11-8-13(24-20(27)12-5-6-16(28-2)15(22)9-12)10-14(18(11)26)21-25-19-17(29-21)4-3-7-23-19/h3-10,26H,1-2H3,(H,24,27). The first-order chi connectivity index (χ1) is 14.0. The number of oxazole rings is 1. The molecule has 0 bridgehead atoms. The van der Waals surface area contributed by atoms with E-state index in [1.54, 1.807) is 49.5 Å². The lowest BCUT2D eigenvalue weighted by Crippen LogP contribution is -2.12. The number of benzene rings is 2. The quantitative estimate of drug-likeness (QED) is 0.469. The van der Waals surface area contributed by atoms with Gasteiger partial charge in [-0.2, -0.15) is 4.98 Å². The summed E-state index contributed by atoms with van der Waals surface area (Å²) in [6.45, 7) is 1.72. The van der Waals surface area contributed by atoms with Gasteiger partial charge in [-0.05, 0) is 55.0 Å². The number of ether oxygens (including phenoxy) is 1. The Morgan fingerprint density at radius 1 is 1.24 bits per heavy atom. The Morgan fingerprint density at radius 3 is 2.79 bits per heavy atom. The van der Waals surface area contributed by atoms with Crippen LogP contribution in [0.4, 0.5) is 5.69 Å². The summed E-state index contributed by atoms with van der Waals surface area (Å²) in [6.07, 6.45) is 1.61. The number of phenolic OH excluding ortho intramolecular Hbond substituents is 1. The highest BCUT2D eigenvalue weighted by atomic mass is 35.5. The molecule has 0 atom stereocenters. The lowest BCUT2D eigenvalue weighted by Gasteiger charge is -2.11. The van der Waals surface area contributed by atoms with Crippen molar-refractivity contribution >= 4 is 34.4 Å². The number of carbonyl (C=O) groups excluding carboxylic acids is 1. The Balaban J connectivity index is 1.68. The number of aromatic hydroxyl groups is 1. The van der Waals surface area contributed by atoms with Crippen LogP contribution in [0.5, 0.6) is 11.5 Å². The predicted octanol–water partition coefficient (Wildman–Crippen LogP) is 4.82. The molecule has 0 aliphatic carbocycles. The van der Waals surface area contributed by atoms with E-state index in [2.05, 4.69) is 15.3 Å². The highest BCUT2D eigenvalue weighted by Crippen LogP contribution is 2.36. The number of amides is 1. The van der Waals surface area contributed by atoms with Crippen LogP contribution in [0.15, 0.2) is 53.1 Å². The molecule has 4 rings (SSSR count). The van der Waals surface area contributed by atoms with Gasteiger partial charge in [-0.1, -0.05) is 11.6 Å². The van der Waals surface area contributed by atoms with Crippen LogP contribution in [0.1, 0.15) is 15.9 Å². The zero-order valence-electron chi connectivity index (χ0n) is 15.6. The number of pyridine rings is 1. The molecule has 0 aliphatic heterocycles. The van der Waals surface area contributed by atoms with Crippen molar-refractivity contribution in [2.24, 2.45) is 0 Å². The zero-order chi connectivity index (χ0) is 20.5. The molecule has 2 heterocycles. The van der Waals surface area contributed by atoms with Gasteiger partial charge in [0.2, 0.25) is 5.89 Å². The first-order valence-electron chi connectivity index (χ1n) is 8.66. The molecule has 0 saturated heterocycles. The zero-order valence-corrected chi connectivity index (χ0v) is 16.3. The third-order valence-electron chi connectivity index (χ3n) is 4.37. The lowest BCUT2D eigenvalue weighted by atomic mass is 10.1. The summed E-state index contributed by atoms with van der Waals surface area (Å²) >= 11 is 6.10. The molecule has 0 fully saturated rings. The summed E-state index contributed by atoms with van der Waals surface area (Å²) in [5.41, 5.74) is 2.69. The molecule has 2 N–H and O–H groups in total. The maximum atomic E-state index is 12.6. The van der Waals surface area contributed by atoms with E-state index in [9.17, 15) is 9.90 Å². The highest BCUT2D eigenvalue weighted by molar-refractivity contribution is 6.32. The molecule has 4 aromatic rings. The van der Waals surface area contributed by atoms with Gasteiger partial charge in [0.25, 0.3) is 5.91 Å². The average molecular weight is 410 g/mol. The summed E-state index contributed by atoms with van der Waals surface area (Å²) < 4.78 is 10.8. The number of hydrogen-bond donors (Lipinski definition) is 2. The minimum atomic E-state index is -0.357.